The van der Waals surface area contributed by atoms with Crippen molar-refractivity contribution in [1.82, 2.24) is 4.98 Å². The average molecular weight is 250 g/mol. The van der Waals surface area contributed by atoms with Crippen LogP contribution in [-0.4, -0.2) is 33.8 Å². The lowest BCUT2D eigenvalue weighted by atomic mass is 9.85. The van der Waals surface area contributed by atoms with E-state index in [1.165, 1.54) is 18.3 Å². The predicted molar refractivity (Wildman–Crippen MR) is 67.7 cm³/mol. The van der Waals surface area contributed by atoms with Gasteiger partial charge in [-0.1, -0.05) is 12.8 Å². The Bertz CT molecular complexity index is 422. The third-order valence-electron chi connectivity index (χ3n) is 3.48. The Morgan fingerprint density at radius 3 is 2.94 bits per heavy atom. The fraction of sp³-hybridized carbons (Fsp3) is 0.538. The Hall–Kier alpha value is -1.62. The summed E-state index contributed by atoms with van der Waals surface area (Å²) in [7, 11) is 0. The largest absolute Gasteiger partial charge is 0.478 e. The van der Waals surface area contributed by atoms with Crippen LogP contribution in [0, 0.1) is 5.92 Å². The van der Waals surface area contributed by atoms with E-state index < -0.39 is 5.97 Å². The number of nitrogens with one attached hydrogen (secondary N) is 1. The number of carboxylic acids is 1. The maximum atomic E-state index is 10.9. The lowest BCUT2D eigenvalue weighted by molar-refractivity contribution is 0.0696. The quantitative estimate of drug-likeness (QED) is 0.758. The van der Waals surface area contributed by atoms with Crippen LogP contribution in [0.3, 0.4) is 0 Å². The van der Waals surface area contributed by atoms with Gasteiger partial charge in [0.1, 0.15) is 5.82 Å². The molecule has 3 N–H and O–H groups in total. The van der Waals surface area contributed by atoms with Crippen LogP contribution in [-0.2, 0) is 0 Å². The molecule has 1 aromatic heterocycles. The fourth-order valence-electron chi connectivity index (χ4n) is 2.45. The molecule has 5 heteroatoms. The summed E-state index contributed by atoms with van der Waals surface area (Å²) in [4.78, 5) is 15.0. The van der Waals surface area contributed by atoms with Gasteiger partial charge in [0.05, 0.1) is 5.56 Å². The highest BCUT2D eigenvalue weighted by Crippen LogP contribution is 2.26. The zero-order valence-electron chi connectivity index (χ0n) is 10.2. The second kappa shape index (κ2) is 5.82. The first kappa shape index (κ1) is 12.8. The number of hydrogen-bond acceptors (Lipinski definition) is 4. The molecule has 0 amide bonds. The topological polar surface area (TPSA) is 82.5 Å². The van der Waals surface area contributed by atoms with E-state index in [0.29, 0.717) is 5.82 Å². The Morgan fingerprint density at radius 2 is 2.22 bits per heavy atom. The van der Waals surface area contributed by atoms with Crippen molar-refractivity contribution < 1.29 is 15.0 Å². The van der Waals surface area contributed by atoms with E-state index in [1.54, 1.807) is 0 Å². The summed E-state index contributed by atoms with van der Waals surface area (Å²) >= 11 is 0. The number of anilines is 1. The van der Waals surface area contributed by atoms with Gasteiger partial charge in [-0.2, -0.15) is 0 Å². The molecule has 0 aliphatic heterocycles. The Morgan fingerprint density at radius 1 is 1.44 bits per heavy atom. The van der Waals surface area contributed by atoms with E-state index >= 15 is 0 Å². The third kappa shape index (κ3) is 2.98. The molecule has 1 fully saturated rings. The second-order valence-corrected chi connectivity index (χ2v) is 4.71. The van der Waals surface area contributed by atoms with Gasteiger partial charge in [-0.3, -0.25) is 0 Å². The minimum atomic E-state index is -0.956. The van der Waals surface area contributed by atoms with Crippen molar-refractivity contribution >= 4 is 11.8 Å². The van der Waals surface area contributed by atoms with E-state index in [-0.39, 0.29) is 24.1 Å². The highest BCUT2D eigenvalue weighted by atomic mass is 16.4. The third-order valence-corrected chi connectivity index (χ3v) is 3.48. The molecular formula is C13H18N2O3. The van der Waals surface area contributed by atoms with Crippen LogP contribution >= 0.6 is 0 Å². The highest BCUT2D eigenvalue weighted by Gasteiger charge is 2.24. The summed E-state index contributed by atoms with van der Waals surface area (Å²) < 4.78 is 0. The van der Waals surface area contributed by atoms with Gasteiger partial charge in [-0.25, -0.2) is 9.78 Å². The molecule has 0 saturated heterocycles. The van der Waals surface area contributed by atoms with Gasteiger partial charge < -0.3 is 15.5 Å². The van der Waals surface area contributed by atoms with Crippen LogP contribution < -0.4 is 5.32 Å². The number of aliphatic hydroxyl groups is 1. The van der Waals surface area contributed by atoms with Crippen molar-refractivity contribution in [2.75, 3.05) is 11.9 Å². The van der Waals surface area contributed by atoms with Gasteiger partial charge in [-0.15, -0.1) is 0 Å². The maximum absolute atomic E-state index is 10.9. The van der Waals surface area contributed by atoms with Crippen molar-refractivity contribution in [3.63, 3.8) is 0 Å². The number of hydrogen-bond donors (Lipinski definition) is 3. The molecule has 1 aliphatic carbocycles. The molecule has 5 nitrogen and oxygen atoms in total. The zero-order chi connectivity index (χ0) is 13.0. The number of aliphatic hydroxyl groups excluding tert-OH is 1. The molecule has 2 unspecified atom stereocenters. The average Bonchev–Trinajstić information content (AvgIpc) is 2.39. The molecule has 2 rings (SSSR count). The summed E-state index contributed by atoms with van der Waals surface area (Å²) in [6.07, 6.45) is 5.76. The Labute approximate surface area is 106 Å². The fourth-order valence-corrected chi connectivity index (χ4v) is 2.45. The first-order chi connectivity index (χ1) is 8.70. The first-order valence-electron chi connectivity index (χ1n) is 6.27. The van der Waals surface area contributed by atoms with Crippen LogP contribution in [0.2, 0.25) is 0 Å². The molecule has 98 valence electrons. The summed E-state index contributed by atoms with van der Waals surface area (Å²) in [6, 6.07) is 3.18. The molecule has 0 bridgehead atoms. The number of aromatic nitrogens is 1. The van der Waals surface area contributed by atoms with Gasteiger partial charge in [-0.05, 0) is 25.0 Å². The van der Waals surface area contributed by atoms with E-state index in [1.807, 2.05) is 0 Å². The minimum absolute atomic E-state index is 0.163. The van der Waals surface area contributed by atoms with Crippen molar-refractivity contribution in [3.8, 4) is 0 Å². The second-order valence-electron chi connectivity index (χ2n) is 4.71. The predicted octanol–water partition coefficient (Wildman–Crippen LogP) is 1.74. The van der Waals surface area contributed by atoms with Gasteiger partial charge in [0.15, 0.2) is 0 Å². The van der Waals surface area contributed by atoms with Gasteiger partial charge in [0.2, 0.25) is 0 Å². The van der Waals surface area contributed by atoms with Crippen LogP contribution in [0.4, 0.5) is 5.82 Å². The standard InChI is InChI=1S/C13H18N2O3/c16-8-10-3-1-2-4-11(10)15-12-7-9(13(17)18)5-6-14-12/h5-7,10-11,16H,1-4,8H2,(H,14,15)(H,17,18). The van der Waals surface area contributed by atoms with Crippen molar-refractivity contribution in [2.24, 2.45) is 5.92 Å². The summed E-state index contributed by atoms with van der Waals surface area (Å²) in [5.74, 6) is -0.155. The van der Waals surface area contributed by atoms with Crippen LogP contribution in [0.1, 0.15) is 36.0 Å². The molecule has 18 heavy (non-hydrogen) atoms. The number of nitrogens with zero attached hydrogens (tertiary/aromatic N) is 1. The monoisotopic (exact) mass is 250 g/mol. The summed E-state index contributed by atoms with van der Waals surface area (Å²) in [5.41, 5.74) is 0.226. The van der Waals surface area contributed by atoms with Crippen LogP contribution in [0.5, 0.6) is 0 Å². The maximum Gasteiger partial charge on any atom is 0.335 e. The molecular weight excluding hydrogens is 232 g/mol. The Kier molecular flexibility index (Phi) is 4.15. The molecule has 0 aromatic carbocycles. The molecule has 2 atom stereocenters. The van der Waals surface area contributed by atoms with E-state index in [0.717, 1.165) is 25.7 Å². The SMILES string of the molecule is O=C(O)c1ccnc(NC2CCCCC2CO)c1. The Balaban J connectivity index is 2.07. The number of carbonyl (C=O) groups is 1. The number of carboxylic acid groups (broad SMARTS) is 1. The summed E-state index contributed by atoms with van der Waals surface area (Å²) in [6.45, 7) is 0.163. The summed E-state index contributed by atoms with van der Waals surface area (Å²) in [5, 5.41) is 21.5. The van der Waals surface area contributed by atoms with Gasteiger partial charge in [0, 0.05) is 24.8 Å². The number of aromatic carboxylic acids is 1. The molecule has 1 aliphatic rings. The van der Waals surface area contributed by atoms with Gasteiger partial charge in [0.25, 0.3) is 0 Å². The van der Waals surface area contributed by atoms with Crippen LogP contribution in [0.15, 0.2) is 18.3 Å². The first-order valence-corrected chi connectivity index (χ1v) is 6.27. The smallest absolute Gasteiger partial charge is 0.335 e. The zero-order valence-corrected chi connectivity index (χ0v) is 10.2. The molecule has 1 saturated carbocycles. The molecule has 1 aromatic rings. The van der Waals surface area contributed by atoms with Crippen LogP contribution in [0.25, 0.3) is 0 Å². The van der Waals surface area contributed by atoms with E-state index in [9.17, 15) is 9.90 Å². The van der Waals surface area contributed by atoms with Crippen molar-refractivity contribution in [1.29, 1.82) is 0 Å². The number of pyridine rings is 1. The highest BCUT2D eigenvalue weighted by molar-refractivity contribution is 5.88. The minimum Gasteiger partial charge on any atom is -0.478 e. The van der Waals surface area contributed by atoms with E-state index in [2.05, 4.69) is 10.3 Å². The normalized spacial score (nSPS) is 23.6. The number of rotatable bonds is 4. The lowest BCUT2D eigenvalue weighted by Crippen LogP contribution is -2.34. The van der Waals surface area contributed by atoms with Gasteiger partial charge >= 0.3 is 5.97 Å². The molecule has 1 heterocycles. The lowest BCUT2D eigenvalue weighted by Gasteiger charge is -2.31. The van der Waals surface area contributed by atoms with Crippen molar-refractivity contribution in [2.45, 2.75) is 31.7 Å². The van der Waals surface area contributed by atoms with Crippen molar-refractivity contribution in [3.05, 3.63) is 23.9 Å². The molecule has 0 radical (unpaired) electrons. The van der Waals surface area contributed by atoms with E-state index in [4.69, 9.17) is 5.11 Å². The molecule has 0 spiro atoms.